The van der Waals surface area contributed by atoms with Crippen molar-refractivity contribution in [3.8, 4) is 0 Å². The van der Waals surface area contributed by atoms with Gasteiger partial charge >= 0.3 is 12.1 Å². The molecule has 1 heterocycles. The van der Waals surface area contributed by atoms with E-state index in [9.17, 15) is 19.2 Å². The number of imide groups is 1. The van der Waals surface area contributed by atoms with Crippen molar-refractivity contribution in [2.45, 2.75) is 70.9 Å². The standard InChI is InChI=1S/C22H28N2O6/c1-22(2,3)29-21(28)23-17(14-10-6-4-5-7-11-14)20(27)30-24-18(25)15-12-8-9-13-16(15)19(24)26/h8-9,12-14,17H,4-7,10-11H2,1-3H3,(H,23,28). The summed E-state index contributed by atoms with van der Waals surface area (Å²) in [7, 11) is 0. The molecule has 30 heavy (non-hydrogen) atoms. The quantitative estimate of drug-likeness (QED) is 0.594. The Morgan fingerprint density at radius 3 is 2.03 bits per heavy atom. The number of benzene rings is 1. The average Bonchev–Trinajstić information content (AvgIpc) is 2.87. The fourth-order valence-electron chi connectivity index (χ4n) is 3.84. The maximum Gasteiger partial charge on any atom is 0.408 e. The number of nitrogens with one attached hydrogen (secondary N) is 1. The summed E-state index contributed by atoms with van der Waals surface area (Å²) >= 11 is 0. The zero-order valence-electron chi connectivity index (χ0n) is 17.6. The number of fused-ring (bicyclic) bond motifs is 1. The first-order valence-electron chi connectivity index (χ1n) is 10.4. The van der Waals surface area contributed by atoms with E-state index in [1.54, 1.807) is 32.9 Å². The molecule has 3 amide bonds. The van der Waals surface area contributed by atoms with Gasteiger partial charge in [0.05, 0.1) is 11.1 Å². The average molecular weight is 416 g/mol. The van der Waals surface area contributed by atoms with Gasteiger partial charge in [-0.15, -0.1) is 0 Å². The van der Waals surface area contributed by atoms with Crippen LogP contribution in [0, 0.1) is 5.92 Å². The van der Waals surface area contributed by atoms with Gasteiger partial charge in [0.25, 0.3) is 11.8 Å². The molecular weight excluding hydrogens is 388 g/mol. The molecule has 0 aromatic heterocycles. The SMILES string of the molecule is CC(C)(C)OC(=O)NC(C(=O)ON1C(=O)c2ccccc2C1=O)C1CCCCCC1. The summed E-state index contributed by atoms with van der Waals surface area (Å²) in [5, 5.41) is 3.09. The van der Waals surface area contributed by atoms with Crippen LogP contribution in [0.1, 0.15) is 80.0 Å². The molecule has 0 saturated heterocycles. The number of rotatable bonds is 4. The first-order chi connectivity index (χ1) is 14.2. The molecule has 1 fully saturated rings. The fourth-order valence-corrected chi connectivity index (χ4v) is 3.84. The molecular formula is C22H28N2O6. The first kappa shape index (κ1) is 21.8. The van der Waals surface area contributed by atoms with Gasteiger partial charge in [-0.3, -0.25) is 9.59 Å². The Morgan fingerprint density at radius 2 is 1.53 bits per heavy atom. The van der Waals surface area contributed by atoms with E-state index in [2.05, 4.69) is 5.32 Å². The van der Waals surface area contributed by atoms with E-state index in [0.29, 0.717) is 5.06 Å². The number of hydroxylamine groups is 2. The molecule has 162 valence electrons. The molecule has 1 aliphatic heterocycles. The van der Waals surface area contributed by atoms with Crippen LogP contribution in [0.4, 0.5) is 4.79 Å². The molecule has 1 aromatic carbocycles. The number of hydrogen-bond donors (Lipinski definition) is 1. The fraction of sp³-hybridized carbons (Fsp3) is 0.545. The summed E-state index contributed by atoms with van der Waals surface area (Å²) < 4.78 is 5.30. The van der Waals surface area contributed by atoms with Gasteiger partial charge in [-0.25, -0.2) is 9.59 Å². The summed E-state index contributed by atoms with van der Waals surface area (Å²) in [6.07, 6.45) is 4.70. The Bertz CT molecular complexity index is 801. The normalized spacial score (nSPS) is 18.4. The van der Waals surface area contributed by atoms with E-state index in [-0.39, 0.29) is 17.0 Å². The summed E-state index contributed by atoms with van der Waals surface area (Å²) in [4.78, 5) is 55.6. The molecule has 8 nitrogen and oxygen atoms in total. The van der Waals surface area contributed by atoms with Crippen LogP contribution in [0.25, 0.3) is 0 Å². The predicted molar refractivity (Wildman–Crippen MR) is 107 cm³/mol. The van der Waals surface area contributed by atoms with Crippen LogP contribution in [-0.4, -0.2) is 40.6 Å². The molecule has 0 bridgehead atoms. The van der Waals surface area contributed by atoms with Gasteiger partial charge in [-0.2, -0.15) is 0 Å². The van der Waals surface area contributed by atoms with E-state index in [1.807, 2.05) is 0 Å². The molecule has 0 spiro atoms. The molecule has 1 N–H and O–H groups in total. The van der Waals surface area contributed by atoms with Crippen molar-refractivity contribution in [1.82, 2.24) is 10.4 Å². The van der Waals surface area contributed by atoms with E-state index < -0.39 is 35.5 Å². The lowest BCUT2D eigenvalue weighted by atomic mass is 9.92. The Balaban J connectivity index is 1.77. The van der Waals surface area contributed by atoms with Gasteiger partial charge in [0, 0.05) is 0 Å². The number of alkyl carbamates (subject to hydrolysis) is 1. The molecule has 2 aliphatic rings. The molecule has 1 aromatic rings. The van der Waals surface area contributed by atoms with Gasteiger partial charge in [0.1, 0.15) is 11.6 Å². The molecule has 1 saturated carbocycles. The topological polar surface area (TPSA) is 102 Å². The van der Waals surface area contributed by atoms with Crippen LogP contribution in [0.2, 0.25) is 0 Å². The smallest absolute Gasteiger partial charge is 0.408 e. The monoisotopic (exact) mass is 416 g/mol. The van der Waals surface area contributed by atoms with E-state index >= 15 is 0 Å². The largest absolute Gasteiger partial charge is 0.444 e. The Labute approximate surface area is 175 Å². The summed E-state index contributed by atoms with van der Waals surface area (Å²) in [6.45, 7) is 5.18. The Hall–Kier alpha value is -2.90. The summed E-state index contributed by atoms with van der Waals surface area (Å²) in [5.41, 5.74) is -0.368. The third kappa shape index (κ3) is 4.98. The van der Waals surface area contributed by atoms with Gasteiger partial charge in [0.15, 0.2) is 0 Å². The van der Waals surface area contributed by atoms with Crippen molar-refractivity contribution in [3.05, 3.63) is 35.4 Å². The van der Waals surface area contributed by atoms with Crippen molar-refractivity contribution in [3.63, 3.8) is 0 Å². The third-order valence-electron chi connectivity index (χ3n) is 5.24. The maximum atomic E-state index is 13.0. The highest BCUT2D eigenvalue weighted by molar-refractivity contribution is 6.20. The van der Waals surface area contributed by atoms with Crippen molar-refractivity contribution in [2.75, 3.05) is 0 Å². The van der Waals surface area contributed by atoms with Gasteiger partial charge in [0.2, 0.25) is 0 Å². The van der Waals surface area contributed by atoms with Crippen LogP contribution in [0.15, 0.2) is 24.3 Å². The second-order valence-electron chi connectivity index (χ2n) is 8.74. The van der Waals surface area contributed by atoms with Crippen LogP contribution in [0.5, 0.6) is 0 Å². The second-order valence-corrected chi connectivity index (χ2v) is 8.74. The van der Waals surface area contributed by atoms with Gasteiger partial charge in [-0.1, -0.05) is 42.9 Å². The van der Waals surface area contributed by atoms with Crippen molar-refractivity contribution in [2.24, 2.45) is 5.92 Å². The number of nitrogens with zero attached hydrogens (tertiary/aromatic N) is 1. The highest BCUT2D eigenvalue weighted by atomic mass is 16.7. The molecule has 8 heteroatoms. The van der Waals surface area contributed by atoms with Crippen molar-refractivity contribution >= 4 is 23.9 Å². The lowest BCUT2D eigenvalue weighted by Crippen LogP contribution is -2.50. The molecule has 1 atom stereocenters. The van der Waals surface area contributed by atoms with Crippen LogP contribution < -0.4 is 5.32 Å². The lowest BCUT2D eigenvalue weighted by Gasteiger charge is -2.28. The van der Waals surface area contributed by atoms with Gasteiger partial charge in [-0.05, 0) is 51.7 Å². The number of carbonyl (C=O) groups is 4. The molecule has 3 rings (SSSR count). The summed E-state index contributed by atoms with van der Waals surface area (Å²) in [6, 6.07) is 5.26. The number of hydrogen-bond acceptors (Lipinski definition) is 6. The molecule has 1 aliphatic carbocycles. The lowest BCUT2D eigenvalue weighted by molar-refractivity contribution is -0.172. The van der Waals surface area contributed by atoms with E-state index in [4.69, 9.17) is 9.57 Å². The van der Waals surface area contributed by atoms with Crippen LogP contribution >= 0.6 is 0 Å². The summed E-state index contributed by atoms with van der Waals surface area (Å²) in [5.74, 6) is -2.40. The minimum Gasteiger partial charge on any atom is -0.444 e. The van der Waals surface area contributed by atoms with E-state index in [0.717, 1.165) is 38.5 Å². The number of carbonyl (C=O) groups excluding carboxylic acids is 4. The van der Waals surface area contributed by atoms with E-state index in [1.165, 1.54) is 12.1 Å². The van der Waals surface area contributed by atoms with Gasteiger partial charge < -0.3 is 14.9 Å². The van der Waals surface area contributed by atoms with Crippen molar-refractivity contribution in [1.29, 1.82) is 0 Å². The maximum absolute atomic E-state index is 13.0. The highest BCUT2D eigenvalue weighted by Crippen LogP contribution is 2.28. The highest BCUT2D eigenvalue weighted by Gasteiger charge is 2.41. The Morgan fingerprint density at radius 1 is 1.00 bits per heavy atom. The zero-order valence-corrected chi connectivity index (χ0v) is 17.6. The Kier molecular flexibility index (Phi) is 6.43. The third-order valence-corrected chi connectivity index (χ3v) is 5.24. The van der Waals surface area contributed by atoms with Crippen LogP contribution in [0.3, 0.4) is 0 Å². The first-order valence-corrected chi connectivity index (χ1v) is 10.4. The second kappa shape index (κ2) is 8.85. The van der Waals surface area contributed by atoms with Crippen molar-refractivity contribution < 1.29 is 28.8 Å². The predicted octanol–water partition coefficient (Wildman–Crippen LogP) is 3.60. The molecule has 0 radical (unpaired) electrons. The number of amides is 3. The minimum atomic E-state index is -1.01. The van der Waals surface area contributed by atoms with Crippen LogP contribution in [-0.2, 0) is 14.4 Å². The number of ether oxygens (including phenoxy) is 1. The zero-order chi connectivity index (χ0) is 21.9. The minimum absolute atomic E-state index is 0.164. The molecule has 1 unspecified atom stereocenters.